The molecule has 0 heteroatoms. The molecular weight excluding hydrogens is 841 g/mol. The van der Waals surface area contributed by atoms with Gasteiger partial charge in [-0.3, -0.25) is 0 Å². The third-order valence-electron chi connectivity index (χ3n) is 21.6. The van der Waals surface area contributed by atoms with Crippen molar-refractivity contribution >= 4 is 0 Å². The number of hydrogen-bond acceptors (Lipinski definition) is 0. The van der Waals surface area contributed by atoms with E-state index in [0.29, 0.717) is 16.2 Å². The number of hydrogen-bond donors (Lipinski definition) is 0. The molecule has 420 valence electrons. The van der Waals surface area contributed by atoms with Gasteiger partial charge in [0, 0.05) is 0 Å². The molecule has 0 spiro atoms. The van der Waals surface area contributed by atoms with Crippen LogP contribution in [0.4, 0.5) is 0 Å². The molecule has 0 aliphatic heterocycles. The first kappa shape index (κ1) is 68.0. The van der Waals surface area contributed by atoms with E-state index in [-0.39, 0.29) is 0 Å². The molecule has 0 radical (unpaired) electrons. The monoisotopic (exact) mass is 981 g/mol. The lowest BCUT2D eigenvalue weighted by Crippen LogP contribution is -2.31. The summed E-state index contributed by atoms with van der Waals surface area (Å²) in [7, 11) is 0. The highest BCUT2D eigenvalue weighted by atomic mass is 14.4. The third-order valence-corrected chi connectivity index (χ3v) is 21.6. The molecule has 0 aromatic heterocycles. The van der Waals surface area contributed by atoms with Gasteiger partial charge in [-0.2, -0.15) is 0 Å². The predicted molar refractivity (Wildman–Crippen MR) is 322 cm³/mol. The quantitative estimate of drug-likeness (QED) is 0.227. The maximum Gasteiger partial charge on any atom is -0.0328 e. The normalized spacial score (nSPS) is 29.7. The van der Waals surface area contributed by atoms with E-state index < -0.39 is 0 Å². The van der Waals surface area contributed by atoms with Crippen molar-refractivity contribution in [3.05, 3.63) is 0 Å². The second kappa shape index (κ2) is 35.4. The Morgan fingerprint density at radius 1 is 0.414 bits per heavy atom. The lowest BCUT2D eigenvalue weighted by molar-refractivity contribution is 0.0892. The Morgan fingerprint density at radius 2 is 0.871 bits per heavy atom. The van der Waals surface area contributed by atoms with Crippen molar-refractivity contribution in [3.8, 4) is 0 Å². The van der Waals surface area contributed by atoms with E-state index in [4.69, 9.17) is 0 Å². The Bertz CT molecular complexity index is 1130. The molecule has 0 aromatic rings. The van der Waals surface area contributed by atoms with E-state index in [0.717, 1.165) is 70.0 Å². The van der Waals surface area contributed by atoms with Crippen LogP contribution < -0.4 is 0 Å². The van der Waals surface area contributed by atoms with Crippen LogP contribution in [0.25, 0.3) is 0 Å². The fraction of sp³-hybridized carbons (Fsp3) is 1.00. The molecule has 0 amide bonds. The van der Waals surface area contributed by atoms with Crippen LogP contribution in [0.3, 0.4) is 0 Å². The minimum atomic E-state index is 0.681. The fourth-order valence-corrected chi connectivity index (χ4v) is 12.9. The van der Waals surface area contributed by atoms with E-state index in [1.807, 2.05) is 0 Å². The highest BCUT2D eigenvalue weighted by Crippen LogP contribution is 2.46. The van der Waals surface area contributed by atoms with Crippen molar-refractivity contribution < 1.29 is 0 Å². The van der Waals surface area contributed by atoms with E-state index >= 15 is 0 Å². The van der Waals surface area contributed by atoms with Crippen LogP contribution in [-0.2, 0) is 0 Å². The molecule has 0 saturated heterocycles. The summed E-state index contributed by atoms with van der Waals surface area (Å²) in [5.74, 6) is 10.5. The number of rotatable bonds is 8. The van der Waals surface area contributed by atoms with Gasteiger partial charge >= 0.3 is 0 Å². The molecule has 10 fully saturated rings. The summed E-state index contributed by atoms with van der Waals surface area (Å²) in [5.41, 5.74) is 3.60. The van der Waals surface area contributed by atoms with Crippen LogP contribution in [0.5, 0.6) is 0 Å². The summed E-state index contributed by atoms with van der Waals surface area (Å²) in [6.07, 6.45) is 51.4. The molecule has 2 unspecified atom stereocenters. The molecular formula is C70H140. The van der Waals surface area contributed by atoms with E-state index in [1.54, 1.807) is 0 Å². The molecule has 10 saturated carbocycles. The van der Waals surface area contributed by atoms with E-state index in [1.165, 1.54) is 225 Å². The minimum absolute atomic E-state index is 0.681. The minimum Gasteiger partial charge on any atom is -0.0654 e. The van der Waals surface area contributed by atoms with Crippen molar-refractivity contribution in [2.75, 3.05) is 0 Å². The average Bonchev–Trinajstić information content (AvgIpc) is 3.93. The molecule has 0 aromatic carbocycles. The van der Waals surface area contributed by atoms with Gasteiger partial charge in [0.05, 0.1) is 0 Å². The van der Waals surface area contributed by atoms with Gasteiger partial charge in [0.25, 0.3) is 0 Å². The summed E-state index contributed by atoms with van der Waals surface area (Å²) >= 11 is 0. The highest BCUT2D eigenvalue weighted by molar-refractivity contribution is 4.86. The van der Waals surface area contributed by atoms with Crippen molar-refractivity contribution in [3.63, 3.8) is 0 Å². The smallest absolute Gasteiger partial charge is 0.0328 e. The van der Waals surface area contributed by atoms with Gasteiger partial charge in [0.1, 0.15) is 0 Å². The van der Waals surface area contributed by atoms with Gasteiger partial charge < -0.3 is 0 Å². The van der Waals surface area contributed by atoms with Gasteiger partial charge in [-0.1, -0.05) is 280 Å². The van der Waals surface area contributed by atoms with Crippen LogP contribution in [0.2, 0.25) is 0 Å². The standard InChI is InChI=1S/10C7H14/c1-6-4-7(2,3)5-6;1-6-4-5-7(6,2)3;1-7(2)5-3-4-6-7;1-6(2)7-4-3-5-7;1-3-7-4-6(2)5-7;2*1-3-7(2)5-4-6-7;1-3-7-5-4-6(7)2;1-2-7-5-3-4-6-7;1-2-4-7-5-3-6-7/h2*6H,4-5H2,1-3H3;3-6H2,1-2H3;2*6-7H,3-5H2,1-2H3;2*3-6H2,1-2H3;6-7H,3-5H2,1-2H3;2*7H,2-6H2,1H3/t;6-;;;;;;;;/m.0......../s1. The third kappa shape index (κ3) is 29.3. The zero-order valence-corrected chi connectivity index (χ0v) is 53.0. The van der Waals surface area contributed by atoms with Gasteiger partial charge in [-0.05, 0) is 170 Å². The van der Waals surface area contributed by atoms with Crippen LogP contribution in [0, 0.1) is 86.3 Å². The highest BCUT2D eigenvalue weighted by Gasteiger charge is 2.35. The van der Waals surface area contributed by atoms with Crippen molar-refractivity contribution in [2.24, 2.45) is 86.3 Å². The Morgan fingerprint density at radius 3 is 0.943 bits per heavy atom. The topological polar surface area (TPSA) is 0 Å². The Kier molecular flexibility index (Phi) is 34.3. The van der Waals surface area contributed by atoms with Gasteiger partial charge in [-0.25, -0.2) is 0 Å². The van der Waals surface area contributed by atoms with Crippen molar-refractivity contribution in [2.45, 2.75) is 363 Å². The lowest BCUT2D eigenvalue weighted by Gasteiger charge is -2.42. The van der Waals surface area contributed by atoms with Crippen molar-refractivity contribution in [1.82, 2.24) is 0 Å². The zero-order valence-electron chi connectivity index (χ0n) is 53.0. The zero-order chi connectivity index (χ0) is 53.0. The summed E-state index contributed by atoms with van der Waals surface area (Å²) in [6, 6.07) is 0. The molecule has 3 atom stereocenters. The molecule has 0 N–H and O–H groups in total. The molecule has 10 rings (SSSR count). The van der Waals surface area contributed by atoms with Gasteiger partial charge in [-0.15, -0.1) is 0 Å². The summed E-state index contributed by atoms with van der Waals surface area (Å²) in [4.78, 5) is 0. The van der Waals surface area contributed by atoms with Gasteiger partial charge in [0.2, 0.25) is 0 Å². The average molecular weight is 982 g/mol. The first-order valence-corrected chi connectivity index (χ1v) is 32.8. The second-order valence-electron chi connectivity index (χ2n) is 30.2. The first-order valence-electron chi connectivity index (χ1n) is 32.8. The van der Waals surface area contributed by atoms with Crippen LogP contribution in [0.1, 0.15) is 363 Å². The lowest BCUT2D eigenvalue weighted by atomic mass is 9.64. The van der Waals surface area contributed by atoms with E-state index in [2.05, 4.69) is 138 Å². The summed E-state index contributed by atoms with van der Waals surface area (Å²) in [6.45, 7) is 46.6. The summed E-state index contributed by atoms with van der Waals surface area (Å²) < 4.78 is 0. The first-order chi connectivity index (χ1) is 32.8. The molecule has 70 heavy (non-hydrogen) atoms. The van der Waals surface area contributed by atoms with E-state index in [9.17, 15) is 0 Å². The maximum absolute atomic E-state index is 2.39. The maximum atomic E-state index is 2.39. The molecule has 0 heterocycles. The largest absolute Gasteiger partial charge is 0.0654 e. The Balaban J connectivity index is 0.000000389. The molecule has 0 nitrogen and oxygen atoms in total. The summed E-state index contributed by atoms with van der Waals surface area (Å²) in [5, 5.41) is 0. The Hall–Kier alpha value is 0. The fourth-order valence-electron chi connectivity index (χ4n) is 12.9. The van der Waals surface area contributed by atoms with Crippen LogP contribution in [-0.4, -0.2) is 0 Å². The SMILES string of the molecule is CC(C)C1CCC1.CC1(C)CCCC1.CC1CC(C)(C)C1.CCC1(C)CCC1.CCC1(C)CCC1.CCC1CC(C)C1.CCC1CCC1C.CCC1CCCC1.CCCC1CCC1.C[C@H]1CCC1(C)C. The Labute approximate surface area is 447 Å². The molecule has 0 bridgehead atoms. The van der Waals surface area contributed by atoms with Gasteiger partial charge in [0.15, 0.2) is 0 Å². The molecule has 10 aliphatic carbocycles. The van der Waals surface area contributed by atoms with Crippen molar-refractivity contribution in [1.29, 1.82) is 0 Å². The predicted octanol–water partition coefficient (Wildman–Crippen LogP) is 25.1. The second-order valence-corrected chi connectivity index (χ2v) is 30.2. The van der Waals surface area contributed by atoms with Crippen LogP contribution in [0.15, 0.2) is 0 Å². The molecule has 10 aliphatic rings. The van der Waals surface area contributed by atoms with Crippen LogP contribution >= 0.6 is 0 Å².